The number of carbonyl (C=O) groups excluding carboxylic acids is 1. The van der Waals surface area contributed by atoms with Crippen molar-refractivity contribution in [1.29, 1.82) is 0 Å². The Morgan fingerprint density at radius 3 is 2.68 bits per heavy atom. The van der Waals surface area contributed by atoms with E-state index in [1.54, 1.807) is 11.8 Å². The molecule has 2 aliphatic rings. The van der Waals surface area contributed by atoms with Gasteiger partial charge in [0.1, 0.15) is 0 Å². The SMILES string of the molecule is CCN1CCN(C(=O)C2Cc3ccccc3S2)CC1. The summed E-state index contributed by atoms with van der Waals surface area (Å²) in [4.78, 5) is 18.3. The van der Waals surface area contributed by atoms with Crippen LogP contribution in [0.1, 0.15) is 12.5 Å². The smallest absolute Gasteiger partial charge is 0.236 e. The zero-order valence-corrected chi connectivity index (χ0v) is 12.2. The van der Waals surface area contributed by atoms with Crippen molar-refractivity contribution in [1.82, 2.24) is 9.80 Å². The van der Waals surface area contributed by atoms with Crippen molar-refractivity contribution >= 4 is 17.7 Å². The summed E-state index contributed by atoms with van der Waals surface area (Å²) in [6, 6.07) is 8.39. The molecule has 0 saturated carbocycles. The molecule has 0 N–H and O–H groups in total. The van der Waals surface area contributed by atoms with Crippen LogP contribution in [0.25, 0.3) is 0 Å². The summed E-state index contributed by atoms with van der Waals surface area (Å²) in [5, 5.41) is 0.102. The maximum Gasteiger partial charge on any atom is 0.236 e. The Hall–Kier alpha value is -1.00. The van der Waals surface area contributed by atoms with Crippen molar-refractivity contribution in [3.05, 3.63) is 29.8 Å². The Morgan fingerprint density at radius 1 is 1.26 bits per heavy atom. The number of benzene rings is 1. The zero-order valence-electron chi connectivity index (χ0n) is 11.3. The lowest BCUT2D eigenvalue weighted by molar-refractivity contribution is -0.132. The molecular weight excluding hydrogens is 256 g/mol. The predicted molar refractivity (Wildman–Crippen MR) is 78.5 cm³/mol. The fourth-order valence-corrected chi connectivity index (χ4v) is 4.09. The van der Waals surface area contributed by atoms with Crippen molar-refractivity contribution in [2.24, 2.45) is 0 Å². The number of thioether (sulfide) groups is 1. The first-order valence-corrected chi connectivity index (χ1v) is 7.91. The van der Waals surface area contributed by atoms with Crippen LogP contribution in [0.2, 0.25) is 0 Å². The van der Waals surface area contributed by atoms with Crippen LogP contribution in [0, 0.1) is 0 Å². The molecular formula is C15H20N2OS. The summed E-state index contributed by atoms with van der Waals surface area (Å²) < 4.78 is 0. The molecule has 19 heavy (non-hydrogen) atoms. The highest BCUT2D eigenvalue weighted by atomic mass is 32.2. The summed E-state index contributed by atoms with van der Waals surface area (Å²) in [5.41, 5.74) is 1.33. The molecule has 1 aromatic carbocycles. The molecule has 4 heteroatoms. The van der Waals surface area contributed by atoms with Crippen molar-refractivity contribution in [2.75, 3.05) is 32.7 Å². The van der Waals surface area contributed by atoms with E-state index in [-0.39, 0.29) is 5.25 Å². The second-order valence-electron chi connectivity index (χ2n) is 5.18. The van der Waals surface area contributed by atoms with Crippen LogP contribution in [-0.4, -0.2) is 53.7 Å². The van der Waals surface area contributed by atoms with Crippen molar-refractivity contribution in [3.63, 3.8) is 0 Å². The average Bonchev–Trinajstić information content (AvgIpc) is 2.90. The zero-order chi connectivity index (χ0) is 13.2. The van der Waals surface area contributed by atoms with E-state index in [1.165, 1.54) is 10.5 Å². The number of carbonyl (C=O) groups is 1. The van der Waals surface area contributed by atoms with Gasteiger partial charge in [0.25, 0.3) is 0 Å². The van der Waals surface area contributed by atoms with Gasteiger partial charge in [0.2, 0.25) is 5.91 Å². The van der Waals surface area contributed by atoms with E-state index in [9.17, 15) is 4.79 Å². The van der Waals surface area contributed by atoms with Crippen LogP contribution in [0.15, 0.2) is 29.2 Å². The number of hydrogen-bond donors (Lipinski definition) is 0. The lowest BCUT2D eigenvalue weighted by atomic mass is 10.1. The van der Waals surface area contributed by atoms with Gasteiger partial charge in [-0.1, -0.05) is 25.1 Å². The number of hydrogen-bond acceptors (Lipinski definition) is 3. The topological polar surface area (TPSA) is 23.6 Å². The minimum Gasteiger partial charge on any atom is -0.339 e. The van der Waals surface area contributed by atoms with E-state index in [0.29, 0.717) is 5.91 Å². The van der Waals surface area contributed by atoms with Gasteiger partial charge in [-0.3, -0.25) is 4.79 Å². The average molecular weight is 276 g/mol. The molecule has 0 aromatic heterocycles. The quantitative estimate of drug-likeness (QED) is 0.824. The Labute approximate surface area is 119 Å². The largest absolute Gasteiger partial charge is 0.339 e. The molecule has 1 saturated heterocycles. The van der Waals surface area contributed by atoms with Gasteiger partial charge in [-0.05, 0) is 24.6 Å². The normalized spacial score (nSPS) is 23.4. The molecule has 2 heterocycles. The molecule has 1 aromatic rings. The van der Waals surface area contributed by atoms with Crippen LogP contribution in [0.4, 0.5) is 0 Å². The van der Waals surface area contributed by atoms with E-state index in [2.05, 4.69) is 41.0 Å². The van der Waals surface area contributed by atoms with Crippen molar-refractivity contribution < 1.29 is 4.79 Å². The summed E-state index contributed by atoms with van der Waals surface area (Å²) in [6.07, 6.45) is 0.896. The molecule has 1 unspecified atom stereocenters. The molecule has 0 radical (unpaired) electrons. The van der Waals surface area contributed by atoms with E-state index >= 15 is 0 Å². The minimum atomic E-state index is 0.102. The Bertz CT molecular complexity index is 444. The summed E-state index contributed by atoms with van der Waals surface area (Å²) in [6.45, 7) is 7.09. The van der Waals surface area contributed by atoms with Gasteiger partial charge in [-0.15, -0.1) is 11.8 Å². The van der Waals surface area contributed by atoms with E-state index < -0.39 is 0 Å². The molecule has 0 bridgehead atoms. The molecule has 0 aliphatic carbocycles. The number of piperazine rings is 1. The van der Waals surface area contributed by atoms with Gasteiger partial charge in [0, 0.05) is 31.1 Å². The van der Waals surface area contributed by atoms with Gasteiger partial charge >= 0.3 is 0 Å². The number of likely N-dealkylation sites (N-methyl/N-ethyl adjacent to an activating group) is 1. The number of nitrogens with zero attached hydrogens (tertiary/aromatic N) is 2. The fourth-order valence-electron chi connectivity index (χ4n) is 2.81. The minimum absolute atomic E-state index is 0.102. The van der Waals surface area contributed by atoms with Crippen LogP contribution in [0.3, 0.4) is 0 Å². The van der Waals surface area contributed by atoms with Gasteiger partial charge < -0.3 is 9.80 Å². The Morgan fingerprint density at radius 2 is 2.00 bits per heavy atom. The maximum absolute atomic E-state index is 12.6. The molecule has 1 atom stereocenters. The lowest BCUT2D eigenvalue weighted by Gasteiger charge is -2.35. The first-order valence-electron chi connectivity index (χ1n) is 7.03. The second-order valence-corrected chi connectivity index (χ2v) is 6.42. The van der Waals surface area contributed by atoms with Crippen LogP contribution in [0.5, 0.6) is 0 Å². The number of fused-ring (bicyclic) bond motifs is 1. The van der Waals surface area contributed by atoms with Crippen LogP contribution in [-0.2, 0) is 11.2 Å². The third-order valence-corrected chi connectivity index (χ3v) is 5.36. The number of rotatable bonds is 2. The third-order valence-electron chi connectivity index (χ3n) is 4.05. The molecule has 1 fully saturated rings. The molecule has 0 spiro atoms. The van der Waals surface area contributed by atoms with E-state index in [0.717, 1.165) is 39.1 Å². The van der Waals surface area contributed by atoms with Crippen LogP contribution >= 0.6 is 11.8 Å². The first kappa shape index (κ1) is 13.0. The summed E-state index contributed by atoms with van der Waals surface area (Å²) >= 11 is 1.74. The maximum atomic E-state index is 12.6. The van der Waals surface area contributed by atoms with Gasteiger partial charge in [-0.2, -0.15) is 0 Å². The molecule has 1 amide bonds. The summed E-state index contributed by atoms with van der Waals surface area (Å²) in [7, 11) is 0. The van der Waals surface area contributed by atoms with Gasteiger partial charge in [0.15, 0.2) is 0 Å². The van der Waals surface area contributed by atoms with Crippen molar-refractivity contribution in [3.8, 4) is 0 Å². The summed E-state index contributed by atoms with van der Waals surface area (Å²) in [5.74, 6) is 0.331. The molecule has 3 nitrogen and oxygen atoms in total. The monoisotopic (exact) mass is 276 g/mol. The standard InChI is InChI=1S/C15H20N2OS/c1-2-16-7-9-17(10-8-16)15(18)14-11-12-5-3-4-6-13(12)19-14/h3-6,14H,2,7-11H2,1H3. The highest BCUT2D eigenvalue weighted by molar-refractivity contribution is 8.01. The first-order chi connectivity index (χ1) is 9.28. The number of amides is 1. The van der Waals surface area contributed by atoms with Gasteiger partial charge in [0.05, 0.1) is 5.25 Å². The molecule has 3 rings (SSSR count). The van der Waals surface area contributed by atoms with E-state index in [1.807, 2.05) is 0 Å². The highest BCUT2D eigenvalue weighted by Crippen LogP contribution is 2.37. The molecule has 102 valence electrons. The highest BCUT2D eigenvalue weighted by Gasteiger charge is 2.32. The van der Waals surface area contributed by atoms with Gasteiger partial charge in [-0.25, -0.2) is 0 Å². The fraction of sp³-hybridized carbons (Fsp3) is 0.533. The Kier molecular flexibility index (Phi) is 3.80. The van der Waals surface area contributed by atoms with E-state index in [4.69, 9.17) is 0 Å². The Balaban J connectivity index is 1.61. The van der Waals surface area contributed by atoms with Crippen molar-refractivity contribution in [2.45, 2.75) is 23.5 Å². The third kappa shape index (κ3) is 2.65. The molecule has 2 aliphatic heterocycles. The van der Waals surface area contributed by atoms with Crippen LogP contribution < -0.4 is 0 Å². The second kappa shape index (κ2) is 5.55. The predicted octanol–water partition coefficient (Wildman–Crippen LogP) is 1.87. The lowest BCUT2D eigenvalue weighted by Crippen LogP contribution is -2.50.